The van der Waals surface area contributed by atoms with E-state index in [2.05, 4.69) is 5.32 Å². The molecular formula is C21H20ClFN2O4. The number of nitrogens with zero attached hydrogens (tertiary/aromatic N) is 1. The molecule has 0 unspecified atom stereocenters. The summed E-state index contributed by atoms with van der Waals surface area (Å²) in [6.07, 6.45) is -1.03. The van der Waals surface area contributed by atoms with Gasteiger partial charge in [0.05, 0.1) is 5.92 Å². The third kappa shape index (κ3) is 5.32. The molecule has 152 valence electrons. The lowest BCUT2D eigenvalue weighted by Crippen LogP contribution is -2.33. The Bertz CT molecular complexity index is 919. The number of anilines is 1. The molecule has 1 saturated heterocycles. The van der Waals surface area contributed by atoms with E-state index in [9.17, 15) is 18.8 Å². The zero-order chi connectivity index (χ0) is 21.0. The molecule has 0 aromatic heterocycles. The van der Waals surface area contributed by atoms with Gasteiger partial charge in [-0.3, -0.25) is 14.4 Å². The molecule has 0 spiro atoms. The molecular weight excluding hydrogens is 399 g/mol. The van der Waals surface area contributed by atoms with Crippen molar-refractivity contribution in [3.05, 3.63) is 64.9 Å². The number of carbonyl (C=O) groups is 3. The van der Waals surface area contributed by atoms with Gasteiger partial charge in [-0.15, -0.1) is 0 Å². The highest BCUT2D eigenvalue weighted by molar-refractivity contribution is 6.31. The van der Waals surface area contributed by atoms with Crippen LogP contribution < -0.4 is 5.32 Å². The monoisotopic (exact) mass is 418 g/mol. The number of likely N-dealkylation sites (tertiary alicyclic amines) is 1. The summed E-state index contributed by atoms with van der Waals surface area (Å²) in [5, 5.41) is 3.10. The molecule has 1 fully saturated rings. The molecule has 3 rings (SSSR count). The minimum absolute atomic E-state index is 0.0234. The Morgan fingerprint density at radius 2 is 1.93 bits per heavy atom. The molecule has 0 aliphatic carbocycles. The maximum Gasteiger partial charge on any atom is 0.312 e. The maximum atomic E-state index is 12.9. The van der Waals surface area contributed by atoms with Crippen molar-refractivity contribution in [2.75, 3.05) is 11.9 Å². The van der Waals surface area contributed by atoms with Gasteiger partial charge in [0.2, 0.25) is 5.91 Å². The molecule has 29 heavy (non-hydrogen) atoms. The first-order valence-corrected chi connectivity index (χ1v) is 9.49. The highest BCUT2D eigenvalue weighted by Gasteiger charge is 2.36. The van der Waals surface area contributed by atoms with E-state index in [1.165, 1.54) is 31.2 Å². The zero-order valence-electron chi connectivity index (χ0n) is 15.7. The van der Waals surface area contributed by atoms with E-state index in [4.69, 9.17) is 16.3 Å². The average Bonchev–Trinajstić information content (AvgIpc) is 3.06. The molecule has 1 aliphatic rings. The van der Waals surface area contributed by atoms with Crippen LogP contribution in [-0.2, 0) is 25.7 Å². The number of carbonyl (C=O) groups excluding carboxylic acids is 3. The number of benzene rings is 2. The Balaban J connectivity index is 1.53. The minimum atomic E-state index is -1.06. The molecule has 0 bridgehead atoms. The van der Waals surface area contributed by atoms with Crippen LogP contribution in [0.1, 0.15) is 18.9 Å². The first-order chi connectivity index (χ1) is 13.8. The molecule has 1 heterocycles. The molecule has 2 aromatic rings. The second-order valence-corrected chi connectivity index (χ2v) is 7.25. The largest absolute Gasteiger partial charge is 0.452 e. The molecule has 8 heteroatoms. The summed E-state index contributed by atoms with van der Waals surface area (Å²) in [6.45, 7) is 1.95. The average molecular weight is 419 g/mol. The van der Waals surface area contributed by atoms with Gasteiger partial charge in [-0.25, -0.2) is 4.39 Å². The summed E-state index contributed by atoms with van der Waals surface area (Å²) in [6, 6.07) is 12.4. The first-order valence-electron chi connectivity index (χ1n) is 9.11. The van der Waals surface area contributed by atoms with Crippen LogP contribution in [-0.4, -0.2) is 35.3 Å². The Morgan fingerprint density at radius 3 is 2.62 bits per heavy atom. The Labute approximate surface area is 172 Å². The molecule has 2 aromatic carbocycles. The molecule has 0 radical (unpaired) electrons. The van der Waals surface area contributed by atoms with E-state index in [0.717, 1.165) is 5.56 Å². The van der Waals surface area contributed by atoms with Crippen LogP contribution in [0.3, 0.4) is 0 Å². The van der Waals surface area contributed by atoms with Gasteiger partial charge >= 0.3 is 5.97 Å². The van der Waals surface area contributed by atoms with E-state index < -0.39 is 29.7 Å². The van der Waals surface area contributed by atoms with Gasteiger partial charge in [0.1, 0.15) is 5.82 Å². The predicted octanol–water partition coefficient (Wildman–Crippen LogP) is 3.40. The lowest BCUT2D eigenvalue weighted by atomic mass is 10.1. The first kappa shape index (κ1) is 20.8. The lowest BCUT2D eigenvalue weighted by molar-refractivity contribution is -0.157. The van der Waals surface area contributed by atoms with E-state index >= 15 is 0 Å². The normalized spacial score (nSPS) is 17.1. The maximum absolute atomic E-state index is 12.9. The Kier molecular flexibility index (Phi) is 6.49. The Morgan fingerprint density at radius 1 is 1.24 bits per heavy atom. The van der Waals surface area contributed by atoms with E-state index in [0.29, 0.717) is 17.3 Å². The van der Waals surface area contributed by atoms with Crippen LogP contribution in [0.5, 0.6) is 0 Å². The SMILES string of the molecule is C[C@H](OC(=O)[C@H]1CC(=O)N(Cc2ccccc2Cl)C1)C(=O)Nc1ccc(F)cc1. The number of amides is 2. The zero-order valence-corrected chi connectivity index (χ0v) is 16.5. The number of halogens is 2. The van der Waals surface area contributed by atoms with Gasteiger partial charge in [-0.05, 0) is 42.8 Å². The summed E-state index contributed by atoms with van der Waals surface area (Å²) in [5.41, 5.74) is 1.19. The van der Waals surface area contributed by atoms with Gasteiger partial charge in [0, 0.05) is 30.2 Å². The summed E-state index contributed by atoms with van der Waals surface area (Å²) in [4.78, 5) is 38.4. The number of ether oxygens (including phenoxy) is 1. The van der Waals surface area contributed by atoms with Gasteiger partial charge in [-0.2, -0.15) is 0 Å². The molecule has 6 nitrogen and oxygen atoms in total. The van der Waals surface area contributed by atoms with E-state index in [-0.39, 0.29) is 18.9 Å². The van der Waals surface area contributed by atoms with Crippen molar-refractivity contribution in [3.8, 4) is 0 Å². The van der Waals surface area contributed by atoms with Crippen LogP contribution in [0.25, 0.3) is 0 Å². The molecule has 1 aliphatic heterocycles. The van der Waals surface area contributed by atoms with Crippen molar-refractivity contribution in [2.24, 2.45) is 5.92 Å². The van der Waals surface area contributed by atoms with Crippen LogP contribution in [0.15, 0.2) is 48.5 Å². The second-order valence-electron chi connectivity index (χ2n) is 6.84. The van der Waals surface area contributed by atoms with Crippen molar-refractivity contribution in [3.63, 3.8) is 0 Å². The van der Waals surface area contributed by atoms with Crippen LogP contribution in [0, 0.1) is 11.7 Å². The van der Waals surface area contributed by atoms with Crippen LogP contribution >= 0.6 is 11.6 Å². The van der Waals surface area contributed by atoms with E-state index in [1.54, 1.807) is 17.0 Å². The summed E-state index contributed by atoms with van der Waals surface area (Å²) in [7, 11) is 0. The molecule has 2 atom stereocenters. The highest BCUT2D eigenvalue weighted by Crippen LogP contribution is 2.24. The number of esters is 1. The molecule has 0 saturated carbocycles. The van der Waals surface area contributed by atoms with E-state index in [1.807, 2.05) is 12.1 Å². The fourth-order valence-electron chi connectivity index (χ4n) is 3.02. The standard InChI is InChI=1S/C21H20ClFN2O4/c1-13(20(27)24-17-8-6-16(23)7-9-17)29-21(28)15-10-19(26)25(12-15)11-14-4-2-3-5-18(14)22/h2-9,13,15H,10-12H2,1H3,(H,24,27)/t13-,15-/m0/s1. The van der Waals surface area contributed by atoms with Gasteiger partial charge < -0.3 is 15.0 Å². The number of hydrogen-bond acceptors (Lipinski definition) is 4. The fourth-order valence-corrected chi connectivity index (χ4v) is 3.21. The second kappa shape index (κ2) is 9.05. The third-order valence-electron chi connectivity index (χ3n) is 4.64. The summed E-state index contributed by atoms with van der Waals surface area (Å²) < 4.78 is 18.2. The van der Waals surface area contributed by atoms with Gasteiger partial charge in [-0.1, -0.05) is 29.8 Å². The highest BCUT2D eigenvalue weighted by atomic mass is 35.5. The molecule has 1 N–H and O–H groups in total. The van der Waals surface area contributed by atoms with Crippen molar-refractivity contribution in [2.45, 2.75) is 26.0 Å². The minimum Gasteiger partial charge on any atom is -0.452 e. The van der Waals surface area contributed by atoms with Crippen molar-refractivity contribution in [1.29, 1.82) is 0 Å². The third-order valence-corrected chi connectivity index (χ3v) is 5.01. The number of rotatable bonds is 6. The Hall–Kier alpha value is -2.93. The fraction of sp³-hybridized carbons (Fsp3) is 0.286. The van der Waals surface area contributed by atoms with Crippen LogP contribution in [0.4, 0.5) is 10.1 Å². The van der Waals surface area contributed by atoms with Crippen molar-refractivity contribution < 1.29 is 23.5 Å². The summed E-state index contributed by atoms with van der Waals surface area (Å²) in [5.74, 6) is -2.39. The quantitative estimate of drug-likeness (QED) is 0.729. The van der Waals surface area contributed by atoms with Crippen LogP contribution in [0.2, 0.25) is 5.02 Å². The summed E-state index contributed by atoms with van der Waals surface area (Å²) >= 11 is 6.13. The number of hydrogen-bond donors (Lipinski definition) is 1. The number of nitrogens with one attached hydrogen (secondary N) is 1. The lowest BCUT2D eigenvalue weighted by Gasteiger charge is -2.18. The van der Waals surface area contributed by atoms with Gasteiger partial charge in [0.25, 0.3) is 5.91 Å². The van der Waals surface area contributed by atoms with Gasteiger partial charge in [0.15, 0.2) is 6.10 Å². The van der Waals surface area contributed by atoms with Crippen molar-refractivity contribution in [1.82, 2.24) is 4.90 Å². The predicted molar refractivity (Wildman–Crippen MR) is 106 cm³/mol. The molecule has 2 amide bonds. The topological polar surface area (TPSA) is 75.7 Å². The van der Waals surface area contributed by atoms with Crippen molar-refractivity contribution >= 4 is 35.1 Å². The smallest absolute Gasteiger partial charge is 0.312 e.